The molecule has 1 atom stereocenters. The van der Waals surface area contributed by atoms with E-state index in [1.54, 1.807) is 12.1 Å². The van der Waals surface area contributed by atoms with Gasteiger partial charge in [0.25, 0.3) is 5.69 Å². The van der Waals surface area contributed by atoms with Gasteiger partial charge in [-0.05, 0) is 30.9 Å². The van der Waals surface area contributed by atoms with Crippen LogP contribution >= 0.6 is 0 Å². The maximum Gasteiger partial charge on any atom is 0.292 e. The van der Waals surface area contributed by atoms with Crippen LogP contribution in [0.1, 0.15) is 32.8 Å². The van der Waals surface area contributed by atoms with Gasteiger partial charge in [0.2, 0.25) is 0 Å². The van der Waals surface area contributed by atoms with Crippen LogP contribution in [0.25, 0.3) is 0 Å². The van der Waals surface area contributed by atoms with E-state index in [4.69, 9.17) is 0 Å². The van der Waals surface area contributed by atoms with Crippen molar-refractivity contribution >= 4 is 11.4 Å². The van der Waals surface area contributed by atoms with Gasteiger partial charge in [-0.3, -0.25) is 10.1 Å². The number of nitro benzene ring substituents is 1. The summed E-state index contributed by atoms with van der Waals surface area (Å²) in [6.07, 6.45) is 0.947. The van der Waals surface area contributed by atoms with Crippen LogP contribution < -0.4 is 5.32 Å². The molecule has 4 heteroatoms. The van der Waals surface area contributed by atoms with E-state index in [9.17, 15) is 10.1 Å². The molecule has 1 unspecified atom stereocenters. The fourth-order valence-electron chi connectivity index (χ4n) is 1.86. The van der Waals surface area contributed by atoms with Crippen molar-refractivity contribution in [2.75, 3.05) is 5.32 Å². The maximum absolute atomic E-state index is 10.9. The highest BCUT2D eigenvalue weighted by atomic mass is 16.6. The average molecular weight is 236 g/mol. The van der Waals surface area contributed by atoms with Crippen LogP contribution in [0.4, 0.5) is 11.4 Å². The average Bonchev–Trinajstić information content (AvgIpc) is 2.25. The molecule has 1 rings (SSSR count). The fraction of sp³-hybridized carbons (Fsp3) is 0.538. The molecule has 0 aromatic heterocycles. The van der Waals surface area contributed by atoms with E-state index in [1.165, 1.54) is 0 Å². The van der Waals surface area contributed by atoms with Gasteiger partial charge in [-0.2, -0.15) is 0 Å². The zero-order chi connectivity index (χ0) is 13.0. The Labute approximate surface area is 102 Å². The molecule has 4 nitrogen and oxygen atoms in total. The number of nitrogens with one attached hydrogen (secondary N) is 1. The number of nitrogens with zero attached hydrogens (tertiary/aromatic N) is 1. The van der Waals surface area contributed by atoms with E-state index >= 15 is 0 Å². The summed E-state index contributed by atoms with van der Waals surface area (Å²) in [4.78, 5) is 10.6. The van der Waals surface area contributed by atoms with Crippen LogP contribution in [0.15, 0.2) is 18.2 Å². The first-order valence-electron chi connectivity index (χ1n) is 5.97. The molecule has 0 saturated heterocycles. The summed E-state index contributed by atoms with van der Waals surface area (Å²) >= 11 is 0. The smallest absolute Gasteiger partial charge is 0.292 e. The lowest BCUT2D eigenvalue weighted by molar-refractivity contribution is -0.384. The van der Waals surface area contributed by atoms with Crippen molar-refractivity contribution in [1.82, 2.24) is 0 Å². The molecule has 94 valence electrons. The summed E-state index contributed by atoms with van der Waals surface area (Å²) in [7, 11) is 0. The number of aryl methyl sites for hydroxylation is 1. The Morgan fingerprint density at radius 3 is 2.53 bits per heavy atom. The van der Waals surface area contributed by atoms with Gasteiger partial charge < -0.3 is 5.32 Å². The van der Waals surface area contributed by atoms with Crippen molar-refractivity contribution in [3.05, 3.63) is 33.9 Å². The normalized spacial score (nSPS) is 12.5. The van der Waals surface area contributed by atoms with Crippen LogP contribution in [0.2, 0.25) is 0 Å². The number of hydrogen-bond acceptors (Lipinski definition) is 3. The highest BCUT2D eigenvalue weighted by molar-refractivity contribution is 5.63. The van der Waals surface area contributed by atoms with E-state index in [1.807, 2.05) is 13.0 Å². The van der Waals surface area contributed by atoms with Crippen molar-refractivity contribution in [2.24, 2.45) is 5.92 Å². The Morgan fingerprint density at radius 2 is 2.06 bits per heavy atom. The number of hydrogen-bond donors (Lipinski definition) is 1. The second-order valence-electron chi connectivity index (χ2n) is 4.68. The topological polar surface area (TPSA) is 55.2 Å². The minimum Gasteiger partial charge on any atom is -0.377 e. The predicted molar refractivity (Wildman–Crippen MR) is 70.4 cm³/mol. The van der Waals surface area contributed by atoms with Gasteiger partial charge in [0, 0.05) is 12.1 Å². The van der Waals surface area contributed by atoms with Gasteiger partial charge in [-0.25, -0.2) is 0 Å². The molecular formula is C13H20N2O2. The van der Waals surface area contributed by atoms with Gasteiger partial charge in [0.05, 0.1) is 4.92 Å². The zero-order valence-corrected chi connectivity index (χ0v) is 10.9. The molecule has 1 N–H and O–H groups in total. The van der Waals surface area contributed by atoms with E-state index in [-0.39, 0.29) is 16.7 Å². The lowest BCUT2D eigenvalue weighted by Gasteiger charge is -2.22. The molecule has 1 aromatic rings. The largest absolute Gasteiger partial charge is 0.377 e. The molecule has 0 amide bonds. The van der Waals surface area contributed by atoms with E-state index in [0.717, 1.165) is 12.0 Å². The minimum atomic E-state index is -0.338. The van der Waals surface area contributed by atoms with Gasteiger partial charge in [-0.1, -0.05) is 26.8 Å². The molecule has 0 bridgehead atoms. The molecule has 0 aliphatic heterocycles. The van der Waals surface area contributed by atoms with Crippen LogP contribution in [0.5, 0.6) is 0 Å². The molecule has 1 aromatic carbocycles. The van der Waals surface area contributed by atoms with Crippen molar-refractivity contribution in [3.8, 4) is 0 Å². The van der Waals surface area contributed by atoms with Gasteiger partial charge in [-0.15, -0.1) is 0 Å². The first kappa shape index (κ1) is 13.5. The molecule has 0 heterocycles. The molecular weight excluding hydrogens is 216 g/mol. The number of nitro groups is 1. The first-order chi connectivity index (χ1) is 7.95. The van der Waals surface area contributed by atoms with Crippen molar-refractivity contribution in [1.29, 1.82) is 0 Å². The quantitative estimate of drug-likeness (QED) is 0.625. The first-order valence-corrected chi connectivity index (χ1v) is 5.97. The molecule has 0 fully saturated rings. The highest BCUT2D eigenvalue weighted by Crippen LogP contribution is 2.27. The third kappa shape index (κ3) is 3.44. The Morgan fingerprint density at radius 1 is 1.41 bits per heavy atom. The van der Waals surface area contributed by atoms with Crippen LogP contribution in [-0.4, -0.2) is 11.0 Å². The third-order valence-electron chi connectivity index (χ3n) is 2.93. The molecule has 0 radical (unpaired) electrons. The highest BCUT2D eigenvalue weighted by Gasteiger charge is 2.18. The van der Waals surface area contributed by atoms with Gasteiger partial charge in [0.15, 0.2) is 0 Å². The third-order valence-corrected chi connectivity index (χ3v) is 2.93. The standard InChI is InChI=1S/C13H20N2O2/c1-5-11(9(2)3)14-12-8-10(4)6-7-13(12)15(16)17/h6-9,11,14H,5H2,1-4H3. The molecule has 0 spiro atoms. The Kier molecular flexibility index (Phi) is 4.49. The van der Waals surface area contributed by atoms with Crippen molar-refractivity contribution < 1.29 is 4.92 Å². The SMILES string of the molecule is CCC(Nc1cc(C)ccc1[N+](=O)[O-])C(C)C. The molecule has 17 heavy (non-hydrogen) atoms. The minimum absolute atomic E-state index is 0.148. The van der Waals surface area contributed by atoms with Gasteiger partial charge in [0.1, 0.15) is 5.69 Å². The Hall–Kier alpha value is -1.58. The van der Waals surface area contributed by atoms with Crippen LogP contribution in [0, 0.1) is 23.0 Å². The predicted octanol–water partition coefficient (Wildman–Crippen LogP) is 3.75. The Bertz CT molecular complexity index is 402. The molecule has 0 aliphatic rings. The summed E-state index contributed by atoms with van der Waals surface area (Å²) in [5.41, 5.74) is 1.79. The zero-order valence-electron chi connectivity index (χ0n) is 10.9. The summed E-state index contributed by atoms with van der Waals surface area (Å²) in [6.45, 7) is 8.25. The maximum atomic E-state index is 10.9. The van der Waals surface area contributed by atoms with Crippen LogP contribution in [0.3, 0.4) is 0 Å². The van der Waals surface area contributed by atoms with Crippen molar-refractivity contribution in [2.45, 2.75) is 40.2 Å². The van der Waals surface area contributed by atoms with E-state index < -0.39 is 0 Å². The summed E-state index contributed by atoms with van der Waals surface area (Å²) < 4.78 is 0. The van der Waals surface area contributed by atoms with Crippen LogP contribution in [-0.2, 0) is 0 Å². The Balaban J connectivity index is 3.03. The monoisotopic (exact) mass is 236 g/mol. The lowest BCUT2D eigenvalue weighted by atomic mass is 10.0. The van der Waals surface area contributed by atoms with Gasteiger partial charge >= 0.3 is 0 Å². The van der Waals surface area contributed by atoms with E-state index in [0.29, 0.717) is 11.6 Å². The lowest BCUT2D eigenvalue weighted by Crippen LogP contribution is -2.25. The number of benzene rings is 1. The summed E-state index contributed by atoms with van der Waals surface area (Å²) in [6, 6.07) is 5.42. The second-order valence-corrected chi connectivity index (χ2v) is 4.68. The number of rotatable bonds is 5. The fourth-order valence-corrected chi connectivity index (χ4v) is 1.86. The summed E-state index contributed by atoms with van der Waals surface area (Å²) in [5, 5.41) is 14.2. The second kappa shape index (κ2) is 5.66. The van der Waals surface area contributed by atoms with Crippen molar-refractivity contribution in [3.63, 3.8) is 0 Å². The summed E-state index contributed by atoms with van der Waals surface area (Å²) in [5.74, 6) is 0.445. The number of anilines is 1. The molecule has 0 aliphatic carbocycles. The van der Waals surface area contributed by atoms with E-state index in [2.05, 4.69) is 26.1 Å². The molecule has 0 saturated carbocycles.